The topological polar surface area (TPSA) is 107 Å². The van der Waals surface area contributed by atoms with Crippen LogP contribution in [0.5, 0.6) is 0 Å². The van der Waals surface area contributed by atoms with Crippen LogP contribution in [0.2, 0.25) is 0 Å². The molecule has 0 aromatic carbocycles. The first-order valence-electron chi connectivity index (χ1n) is 3.27. The van der Waals surface area contributed by atoms with Crippen LogP contribution >= 0.6 is 0 Å². The molecule has 0 aromatic heterocycles. The van der Waals surface area contributed by atoms with E-state index in [9.17, 15) is 19.2 Å². The number of ketones is 1. The highest BCUT2D eigenvalue weighted by molar-refractivity contribution is 6.35. The maximum Gasteiger partial charge on any atom is 0.378 e. The highest BCUT2D eigenvalue weighted by Gasteiger charge is 2.19. The van der Waals surface area contributed by atoms with Gasteiger partial charge in [-0.2, -0.15) is 0 Å². The molecule has 14 heavy (non-hydrogen) atoms. The number of carboxylic acids is 1. The summed E-state index contributed by atoms with van der Waals surface area (Å²) >= 11 is 0. The fourth-order valence-electron chi connectivity index (χ4n) is 0.358. The van der Waals surface area contributed by atoms with Crippen LogP contribution < -0.4 is 0 Å². The second-order valence-corrected chi connectivity index (χ2v) is 1.97. The molecule has 0 aromatic rings. The Morgan fingerprint density at radius 2 is 1.79 bits per heavy atom. The van der Waals surface area contributed by atoms with Gasteiger partial charge in [-0.15, -0.1) is 0 Å². The van der Waals surface area contributed by atoms with E-state index in [1.54, 1.807) is 0 Å². The minimum Gasteiger partial charge on any atom is -0.475 e. The van der Waals surface area contributed by atoms with E-state index in [1.807, 2.05) is 0 Å². The number of hydrogen-bond donors (Lipinski definition) is 1. The van der Waals surface area contributed by atoms with Crippen molar-refractivity contribution in [2.24, 2.45) is 0 Å². The predicted molar refractivity (Wildman–Crippen MR) is 39.6 cm³/mol. The Morgan fingerprint density at radius 1 is 1.21 bits per heavy atom. The Hall–Kier alpha value is -2.18. The molecule has 0 aliphatic carbocycles. The third kappa shape index (κ3) is 4.65. The van der Waals surface area contributed by atoms with Crippen LogP contribution in [-0.4, -0.2) is 28.8 Å². The minimum absolute atomic E-state index is 0.728. The highest BCUT2D eigenvalue weighted by atomic mass is 17.2. The molecule has 7 heteroatoms. The van der Waals surface area contributed by atoms with E-state index in [0.717, 1.165) is 6.08 Å². The Kier molecular flexibility index (Phi) is 4.61. The molecule has 7 nitrogen and oxygen atoms in total. The van der Waals surface area contributed by atoms with Gasteiger partial charge >= 0.3 is 17.9 Å². The second-order valence-electron chi connectivity index (χ2n) is 1.97. The SMILES string of the molecule is C=CC(=O)OOC(=O)CC(=O)C(=O)O. The average Bonchev–Trinajstić information content (AvgIpc) is 2.13. The zero-order valence-electron chi connectivity index (χ0n) is 6.89. The van der Waals surface area contributed by atoms with Crippen LogP contribution in [0, 0.1) is 0 Å². The number of hydrogen-bond acceptors (Lipinski definition) is 6. The summed E-state index contributed by atoms with van der Waals surface area (Å²) in [4.78, 5) is 48.8. The standard InChI is InChI=1S/C7H6O7/c1-2-5(9)13-14-6(10)3-4(8)7(11)12/h2H,1,3H2,(H,11,12). The summed E-state index contributed by atoms with van der Waals surface area (Å²) in [7, 11) is 0. The van der Waals surface area contributed by atoms with E-state index in [2.05, 4.69) is 16.4 Å². The average molecular weight is 202 g/mol. The van der Waals surface area contributed by atoms with E-state index < -0.39 is 30.1 Å². The summed E-state index contributed by atoms with van der Waals surface area (Å²) in [6.07, 6.45) is -0.272. The number of carbonyl (C=O) groups is 4. The van der Waals surface area contributed by atoms with Gasteiger partial charge in [0.1, 0.15) is 6.42 Å². The minimum atomic E-state index is -1.77. The predicted octanol–water partition coefficient (Wildman–Crippen LogP) is -0.782. The largest absolute Gasteiger partial charge is 0.475 e. The van der Waals surface area contributed by atoms with E-state index in [1.165, 1.54) is 0 Å². The van der Waals surface area contributed by atoms with Crippen LogP contribution in [-0.2, 0) is 29.0 Å². The van der Waals surface area contributed by atoms with Crippen molar-refractivity contribution in [2.45, 2.75) is 6.42 Å². The molecule has 0 unspecified atom stereocenters. The Labute approximate surface area is 77.8 Å². The van der Waals surface area contributed by atoms with Crippen LogP contribution in [0.3, 0.4) is 0 Å². The first-order valence-corrected chi connectivity index (χ1v) is 3.27. The molecule has 0 aliphatic rings. The fraction of sp³-hybridized carbons (Fsp3) is 0.143. The normalized spacial score (nSPS) is 8.57. The fourth-order valence-corrected chi connectivity index (χ4v) is 0.358. The molecule has 1 N–H and O–H groups in total. The summed E-state index contributed by atoms with van der Waals surface area (Å²) in [5, 5.41) is 8.07. The van der Waals surface area contributed by atoms with Gasteiger partial charge in [0, 0.05) is 6.08 Å². The summed E-state index contributed by atoms with van der Waals surface area (Å²) in [6.45, 7) is 3.00. The lowest BCUT2D eigenvalue weighted by atomic mass is 10.3. The van der Waals surface area contributed by atoms with Gasteiger partial charge in [0.2, 0.25) is 0 Å². The number of carbonyl (C=O) groups excluding carboxylic acids is 3. The molecular weight excluding hydrogens is 196 g/mol. The van der Waals surface area contributed by atoms with E-state index in [0.29, 0.717) is 0 Å². The number of rotatable bonds is 4. The van der Waals surface area contributed by atoms with Crippen LogP contribution in [0.4, 0.5) is 0 Å². The molecule has 0 rings (SSSR count). The molecule has 0 atom stereocenters. The third-order valence-corrected chi connectivity index (χ3v) is 0.927. The molecular formula is C7H6O7. The van der Waals surface area contributed by atoms with Crippen LogP contribution in [0.15, 0.2) is 12.7 Å². The second kappa shape index (κ2) is 5.46. The lowest BCUT2D eigenvalue weighted by molar-refractivity contribution is -0.254. The molecule has 0 amide bonds. The van der Waals surface area contributed by atoms with Gasteiger partial charge in [0.05, 0.1) is 0 Å². The van der Waals surface area contributed by atoms with Gasteiger partial charge in [-0.05, 0) is 0 Å². The quantitative estimate of drug-likeness (QED) is 0.209. The van der Waals surface area contributed by atoms with E-state index >= 15 is 0 Å². The molecule has 76 valence electrons. The monoisotopic (exact) mass is 202 g/mol. The van der Waals surface area contributed by atoms with Crippen molar-refractivity contribution in [1.82, 2.24) is 0 Å². The van der Waals surface area contributed by atoms with E-state index in [4.69, 9.17) is 5.11 Å². The van der Waals surface area contributed by atoms with Gasteiger partial charge in [-0.3, -0.25) is 4.79 Å². The first kappa shape index (κ1) is 11.8. The van der Waals surface area contributed by atoms with Crippen molar-refractivity contribution in [3.8, 4) is 0 Å². The van der Waals surface area contributed by atoms with Crippen molar-refractivity contribution in [2.75, 3.05) is 0 Å². The zero-order chi connectivity index (χ0) is 11.1. The Morgan fingerprint density at radius 3 is 2.21 bits per heavy atom. The van der Waals surface area contributed by atoms with Crippen LogP contribution in [0.25, 0.3) is 0 Å². The van der Waals surface area contributed by atoms with Crippen molar-refractivity contribution in [1.29, 1.82) is 0 Å². The van der Waals surface area contributed by atoms with E-state index in [-0.39, 0.29) is 0 Å². The molecule has 0 saturated heterocycles. The summed E-state index contributed by atoms with van der Waals surface area (Å²) in [5.41, 5.74) is 0. The molecule has 0 bridgehead atoms. The molecule has 0 spiro atoms. The smallest absolute Gasteiger partial charge is 0.378 e. The number of aliphatic carboxylic acids is 1. The number of Topliss-reactive ketones (excluding diaryl/α,β-unsaturated/α-hetero) is 1. The lowest BCUT2D eigenvalue weighted by Crippen LogP contribution is -2.19. The van der Waals surface area contributed by atoms with Crippen molar-refractivity contribution in [3.63, 3.8) is 0 Å². The molecule has 0 fully saturated rings. The van der Waals surface area contributed by atoms with Gasteiger partial charge < -0.3 is 5.11 Å². The van der Waals surface area contributed by atoms with Crippen molar-refractivity contribution < 1.29 is 34.1 Å². The summed E-state index contributed by atoms with van der Waals surface area (Å²) < 4.78 is 0. The maximum absolute atomic E-state index is 10.6. The molecule has 0 radical (unpaired) electrons. The molecule has 0 aliphatic heterocycles. The summed E-state index contributed by atoms with van der Waals surface area (Å²) in [5.74, 6) is -5.42. The molecule has 0 saturated carbocycles. The van der Waals surface area contributed by atoms with Crippen LogP contribution in [0.1, 0.15) is 6.42 Å². The van der Waals surface area contributed by atoms with Gasteiger partial charge in [-0.25, -0.2) is 24.2 Å². The van der Waals surface area contributed by atoms with Gasteiger partial charge in [0.25, 0.3) is 5.78 Å². The highest BCUT2D eigenvalue weighted by Crippen LogP contribution is 1.91. The molecule has 0 heterocycles. The third-order valence-electron chi connectivity index (χ3n) is 0.927. The van der Waals surface area contributed by atoms with Crippen molar-refractivity contribution >= 4 is 23.7 Å². The first-order chi connectivity index (χ1) is 6.47. The zero-order valence-corrected chi connectivity index (χ0v) is 6.89. The van der Waals surface area contributed by atoms with Gasteiger partial charge in [0.15, 0.2) is 0 Å². The maximum atomic E-state index is 10.6. The lowest BCUT2D eigenvalue weighted by Gasteiger charge is -1.98. The number of carboxylic acid groups (broad SMARTS) is 1. The van der Waals surface area contributed by atoms with Crippen molar-refractivity contribution in [3.05, 3.63) is 12.7 Å². The Balaban J connectivity index is 3.88. The summed E-state index contributed by atoms with van der Waals surface area (Å²) in [6, 6.07) is 0. The van der Waals surface area contributed by atoms with Gasteiger partial charge in [-0.1, -0.05) is 6.58 Å². The Bertz CT molecular complexity index is 290.